The van der Waals surface area contributed by atoms with Crippen LogP contribution in [0.4, 0.5) is 0 Å². The number of rotatable bonds is 8. The van der Waals surface area contributed by atoms with Crippen LogP contribution in [0.3, 0.4) is 0 Å². The molecular formula is C27H29NOS2. The average Bonchev–Trinajstić information content (AvgIpc) is 3.42. The first-order valence-electron chi connectivity index (χ1n) is 10.5. The van der Waals surface area contributed by atoms with Crippen molar-refractivity contribution in [3.05, 3.63) is 63.0 Å². The predicted octanol–water partition coefficient (Wildman–Crippen LogP) is 6.93. The van der Waals surface area contributed by atoms with Gasteiger partial charge in [0.1, 0.15) is 12.4 Å². The van der Waals surface area contributed by atoms with E-state index >= 15 is 0 Å². The van der Waals surface area contributed by atoms with Gasteiger partial charge in [-0.3, -0.25) is 4.90 Å². The summed E-state index contributed by atoms with van der Waals surface area (Å²) in [7, 11) is 0. The van der Waals surface area contributed by atoms with E-state index in [1.165, 1.54) is 21.6 Å². The molecule has 0 aliphatic rings. The summed E-state index contributed by atoms with van der Waals surface area (Å²) >= 11 is 3.47. The van der Waals surface area contributed by atoms with Gasteiger partial charge in [-0.2, -0.15) is 11.3 Å². The third-order valence-electron chi connectivity index (χ3n) is 4.53. The molecule has 160 valence electrons. The Morgan fingerprint density at radius 1 is 1.03 bits per heavy atom. The number of thiophene rings is 2. The first-order valence-corrected chi connectivity index (χ1v) is 12.3. The summed E-state index contributed by atoms with van der Waals surface area (Å²) in [6, 6.07) is 12.7. The van der Waals surface area contributed by atoms with Gasteiger partial charge in [0.15, 0.2) is 0 Å². The predicted molar refractivity (Wildman–Crippen MR) is 134 cm³/mol. The molecule has 0 N–H and O–H groups in total. The Balaban J connectivity index is 1.54. The third-order valence-corrected chi connectivity index (χ3v) is 6.13. The van der Waals surface area contributed by atoms with Crippen molar-refractivity contribution in [2.75, 3.05) is 13.1 Å². The molecule has 0 saturated heterocycles. The molecule has 2 nitrogen and oxygen atoms in total. The molecule has 0 saturated carbocycles. The first-order chi connectivity index (χ1) is 14.9. The number of ether oxygens (including phenoxy) is 1. The molecule has 1 aromatic carbocycles. The Morgan fingerprint density at radius 2 is 1.90 bits per heavy atom. The molecule has 2 heterocycles. The molecule has 0 unspecified atom stereocenters. The Bertz CT molecular complexity index is 1080. The van der Waals surface area contributed by atoms with E-state index < -0.39 is 0 Å². The Labute approximate surface area is 194 Å². The molecule has 4 heteroatoms. The third kappa shape index (κ3) is 7.93. The maximum Gasteiger partial charge on any atom is 0.122 e. The average molecular weight is 448 g/mol. The second kappa shape index (κ2) is 11.2. The normalized spacial score (nSPS) is 10.9. The monoisotopic (exact) mass is 447 g/mol. The smallest absolute Gasteiger partial charge is 0.122 e. The van der Waals surface area contributed by atoms with Crippen molar-refractivity contribution < 1.29 is 4.74 Å². The maximum atomic E-state index is 6.07. The molecule has 0 radical (unpaired) electrons. The van der Waals surface area contributed by atoms with E-state index in [0.717, 1.165) is 18.8 Å². The van der Waals surface area contributed by atoms with Gasteiger partial charge in [-0.05, 0) is 96.3 Å². The molecular weight excluding hydrogens is 418 g/mol. The Morgan fingerprint density at radius 3 is 2.65 bits per heavy atom. The topological polar surface area (TPSA) is 12.5 Å². The lowest BCUT2D eigenvalue weighted by Gasteiger charge is -2.17. The van der Waals surface area contributed by atoms with E-state index in [1.54, 1.807) is 22.7 Å². The zero-order valence-corrected chi connectivity index (χ0v) is 20.3. The maximum absolute atomic E-state index is 6.07. The number of benzene rings is 1. The molecule has 0 aliphatic heterocycles. The molecule has 3 rings (SSSR count). The standard InChI is InChI=1S/C27H29NOS2/c1-5-28(14-8-6-7-13-27(2,3)4)18-22-10-9-11-25(16-22)29-19-26-17-24(21-31-26)23-12-15-30-20-23/h9-12,15-17,20-21H,5,14,18-19H2,1-4H3. The zero-order chi connectivity index (χ0) is 22.1. The summed E-state index contributed by atoms with van der Waals surface area (Å²) < 4.78 is 6.07. The fourth-order valence-corrected chi connectivity index (χ4v) is 4.35. The largest absolute Gasteiger partial charge is 0.488 e. The SMILES string of the molecule is CCN(CC#CC#CC(C)(C)C)Cc1cccc(OCc2cc(-c3ccsc3)cs2)c1. The van der Waals surface area contributed by atoms with Crippen molar-refractivity contribution in [3.63, 3.8) is 0 Å². The van der Waals surface area contributed by atoms with Crippen molar-refractivity contribution >= 4 is 22.7 Å². The van der Waals surface area contributed by atoms with Crippen LogP contribution in [0, 0.1) is 29.1 Å². The van der Waals surface area contributed by atoms with Crippen LogP contribution in [0.25, 0.3) is 11.1 Å². The Hall–Kier alpha value is -2.50. The van der Waals surface area contributed by atoms with Gasteiger partial charge in [0.2, 0.25) is 0 Å². The highest BCUT2D eigenvalue weighted by Gasteiger charge is 2.06. The number of nitrogens with zero attached hydrogens (tertiary/aromatic N) is 1. The van der Waals surface area contributed by atoms with E-state index in [4.69, 9.17) is 4.74 Å². The van der Waals surface area contributed by atoms with Crippen LogP contribution in [-0.4, -0.2) is 18.0 Å². The van der Waals surface area contributed by atoms with Gasteiger partial charge in [-0.1, -0.05) is 30.9 Å². The number of hydrogen-bond donors (Lipinski definition) is 0. The molecule has 0 fully saturated rings. The highest BCUT2D eigenvalue weighted by Crippen LogP contribution is 2.28. The van der Waals surface area contributed by atoms with Crippen molar-refractivity contribution in [2.45, 2.75) is 40.8 Å². The van der Waals surface area contributed by atoms with Crippen LogP contribution in [-0.2, 0) is 13.2 Å². The molecule has 3 aromatic rings. The van der Waals surface area contributed by atoms with E-state index in [2.05, 4.69) is 103 Å². The molecule has 0 bridgehead atoms. The summed E-state index contributed by atoms with van der Waals surface area (Å²) in [6.07, 6.45) is 0. The zero-order valence-electron chi connectivity index (χ0n) is 18.7. The minimum Gasteiger partial charge on any atom is -0.488 e. The lowest BCUT2D eigenvalue weighted by molar-refractivity contribution is 0.303. The fraction of sp³-hybridized carbons (Fsp3) is 0.333. The lowest BCUT2D eigenvalue weighted by atomic mass is 9.98. The van der Waals surface area contributed by atoms with Gasteiger partial charge in [0.25, 0.3) is 0 Å². The van der Waals surface area contributed by atoms with Gasteiger partial charge in [-0.15, -0.1) is 11.3 Å². The lowest BCUT2D eigenvalue weighted by Crippen LogP contribution is -2.23. The molecule has 0 atom stereocenters. The van der Waals surface area contributed by atoms with E-state index in [1.807, 2.05) is 6.07 Å². The van der Waals surface area contributed by atoms with Gasteiger partial charge in [0, 0.05) is 16.8 Å². The van der Waals surface area contributed by atoms with E-state index in [-0.39, 0.29) is 5.41 Å². The van der Waals surface area contributed by atoms with Gasteiger partial charge < -0.3 is 4.74 Å². The van der Waals surface area contributed by atoms with Gasteiger partial charge in [0.05, 0.1) is 6.54 Å². The fourth-order valence-electron chi connectivity index (χ4n) is 2.88. The van der Waals surface area contributed by atoms with Crippen LogP contribution < -0.4 is 4.74 Å². The van der Waals surface area contributed by atoms with Crippen LogP contribution in [0.15, 0.2) is 52.5 Å². The molecule has 31 heavy (non-hydrogen) atoms. The second-order valence-corrected chi connectivity index (χ2v) is 10.1. The summed E-state index contributed by atoms with van der Waals surface area (Å²) in [5.74, 6) is 13.2. The van der Waals surface area contributed by atoms with Crippen molar-refractivity contribution in [3.8, 4) is 40.6 Å². The second-order valence-electron chi connectivity index (χ2n) is 8.35. The summed E-state index contributed by atoms with van der Waals surface area (Å²) in [6.45, 7) is 11.5. The minimum atomic E-state index is -0.00581. The van der Waals surface area contributed by atoms with Crippen LogP contribution in [0.2, 0.25) is 0 Å². The molecule has 0 spiro atoms. The van der Waals surface area contributed by atoms with Gasteiger partial charge in [-0.25, -0.2) is 0 Å². The number of hydrogen-bond acceptors (Lipinski definition) is 4. The Kier molecular flexibility index (Phi) is 8.38. The first kappa shape index (κ1) is 23.2. The minimum absolute atomic E-state index is 0.00581. The highest BCUT2D eigenvalue weighted by atomic mass is 32.1. The van der Waals surface area contributed by atoms with Crippen LogP contribution in [0.1, 0.15) is 38.1 Å². The van der Waals surface area contributed by atoms with E-state index in [9.17, 15) is 0 Å². The summed E-state index contributed by atoms with van der Waals surface area (Å²) in [5.41, 5.74) is 3.77. The quantitative estimate of drug-likeness (QED) is 0.347. The van der Waals surface area contributed by atoms with Crippen molar-refractivity contribution in [2.24, 2.45) is 5.41 Å². The summed E-state index contributed by atoms with van der Waals surface area (Å²) in [5, 5.41) is 6.49. The van der Waals surface area contributed by atoms with Crippen LogP contribution >= 0.6 is 22.7 Å². The molecule has 0 aliphatic carbocycles. The molecule has 0 amide bonds. The van der Waals surface area contributed by atoms with Gasteiger partial charge >= 0.3 is 0 Å². The van der Waals surface area contributed by atoms with E-state index in [0.29, 0.717) is 13.2 Å². The summed E-state index contributed by atoms with van der Waals surface area (Å²) in [4.78, 5) is 3.53. The van der Waals surface area contributed by atoms with Crippen molar-refractivity contribution in [1.82, 2.24) is 4.90 Å². The van der Waals surface area contributed by atoms with Crippen LogP contribution in [0.5, 0.6) is 5.75 Å². The molecule has 2 aromatic heterocycles. The van der Waals surface area contributed by atoms with Crippen molar-refractivity contribution in [1.29, 1.82) is 0 Å². The highest BCUT2D eigenvalue weighted by molar-refractivity contribution is 7.10.